The summed E-state index contributed by atoms with van der Waals surface area (Å²) in [5.74, 6) is 0.900. The van der Waals surface area contributed by atoms with E-state index in [2.05, 4.69) is 77.1 Å². The zero-order valence-corrected chi connectivity index (χ0v) is 18.1. The van der Waals surface area contributed by atoms with Gasteiger partial charge in [-0.25, -0.2) is 4.99 Å². The Kier molecular flexibility index (Phi) is 7.03. The number of hydrogen-bond acceptors (Lipinski definition) is 3. The number of hydrogen-bond donors (Lipinski definition) is 2. The Morgan fingerprint density at radius 2 is 1.67 bits per heavy atom. The summed E-state index contributed by atoms with van der Waals surface area (Å²) >= 11 is 0. The molecule has 0 atom stereocenters. The van der Waals surface area contributed by atoms with E-state index in [1.165, 1.54) is 29.5 Å². The minimum Gasteiger partial charge on any atom is -0.379 e. The molecule has 2 N–H and O–H groups in total. The van der Waals surface area contributed by atoms with Gasteiger partial charge in [-0.05, 0) is 36.5 Å². The minimum atomic E-state index is 0.276. The maximum Gasteiger partial charge on any atom is 0.191 e. The highest BCUT2D eigenvalue weighted by molar-refractivity contribution is 5.80. The van der Waals surface area contributed by atoms with Crippen molar-refractivity contribution >= 4 is 5.96 Å². The Hall–Kier alpha value is -2.37. The van der Waals surface area contributed by atoms with Crippen molar-refractivity contribution in [2.45, 2.75) is 38.3 Å². The Balaban J connectivity index is 1.31. The van der Waals surface area contributed by atoms with Crippen LogP contribution in [0, 0.1) is 0 Å². The first kappa shape index (κ1) is 20.9. The Morgan fingerprint density at radius 3 is 2.33 bits per heavy atom. The molecule has 2 fully saturated rings. The molecular weight excluding hydrogens is 372 g/mol. The molecule has 1 saturated carbocycles. The van der Waals surface area contributed by atoms with E-state index < -0.39 is 0 Å². The van der Waals surface area contributed by atoms with E-state index >= 15 is 0 Å². The van der Waals surface area contributed by atoms with Crippen LogP contribution in [0.2, 0.25) is 0 Å². The van der Waals surface area contributed by atoms with Crippen LogP contribution in [-0.2, 0) is 23.2 Å². The summed E-state index contributed by atoms with van der Waals surface area (Å²) < 4.78 is 5.43. The van der Waals surface area contributed by atoms with Crippen LogP contribution in [0.3, 0.4) is 0 Å². The molecule has 2 aromatic carbocycles. The average molecular weight is 407 g/mol. The predicted octanol–water partition coefficient (Wildman–Crippen LogP) is 3.31. The lowest BCUT2D eigenvalue weighted by Gasteiger charge is -2.26. The molecule has 0 unspecified atom stereocenters. The van der Waals surface area contributed by atoms with Gasteiger partial charge in [0.1, 0.15) is 0 Å². The van der Waals surface area contributed by atoms with Crippen molar-refractivity contribution in [3.8, 4) is 0 Å². The Labute approximate surface area is 180 Å². The molecule has 0 radical (unpaired) electrons. The maximum atomic E-state index is 5.43. The van der Waals surface area contributed by atoms with Crippen molar-refractivity contribution < 1.29 is 4.74 Å². The molecule has 1 aliphatic carbocycles. The third-order valence-corrected chi connectivity index (χ3v) is 6.13. The van der Waals surface area contributed by atoms with Crippen LogP contribution in [-0.4, -0.2) is 50.3 Å². The first-order chi connectivity index (χ1) is 14.8. The molecule has 0 bridgehead atoms. The SMILES string of the molecule is CCNC(=NCc1ccc(CN2CCOCC2)cc1)NCC1(c2ccccc2)CC1. The van der Waals surface area contributed by atoms with E-state index in [-0.39, 0.29) is 5.41 Å². The van der Waals surface area contributed by atoms with E-state index in [4.69, 9.17) is 9.73 Å². The topological polar surface area (TPSA) is 48.9 Å². The molecule has 5 heteroatoms. The van der Waals surface area contributed by atoms with Crippen molar-refractivity contribution in [1.82, 2.24) is 15.5 Å². The van der Waals surface area contributed by atoms with Crippen LogP contribution in [0.4, 0.5) is 0 Å². The van der Waals surface area contributed by atoms with Gasteiger partial charge in [-0.2, -0.15) is 0 Å². The molecular formula is C25H34N4O. The van der Waals surface area contributed by atoms with Gasteiger partial charge in [0.25, 0.3) is 0 Å². The largest absolute Gasteiger partial charge is 0.379 e. The molecule has 0 aromatic heterocycles. The summed E-state index contributed by atoms with van der Waals surface area (Å²) in [7, 11) is 0. The quantitative estimate of drug-likeness (QED) is 0.522. The monoisotopic (exact) mass is 406 g/mol. The third kappa shape index (κ3) is 5.61. The number of guanidine groups is 1. The van der Waals surface area contributed by atoms with Crippen LogP contribution >= 0.6 is 0 Å². The normalized spacial score (nSPS) is 18.8. The molecule has 30 heavy (non-hydrogen) atoms. The molecule has 1 saturated heterocycles. The van der Waals surface area contributed by atoms with Gasteiger partial charge in [0.2, 0.25) is 0 Å². The van der Waals surface area contributed by atoms with Crippen LogP contribution in [0.5, 0.6) is 0 Å². The zero-order valence-electron chi connectivity index (χ0n) is 18.1. The fraction of sp³-hybridized carbons (Fsp3) is 0.480. The molecule has 5 nitrogen and oxygen atoms in total. The number of nitrogens with zero attached hydrogens (tertiary/aromatic N) is 2. The summed E-state index contributed by atoms with van der Waals surface area (Å²) in [6, 6.07) is 19.7. The summed E-state index contributed by atoms with van der Waals surface area (Å²) in [5, 5.41) is 6.97. The van der Waals surface area contributed by atoms with Gasteiger partial charge < -0.3 is 15.4 Å². The van der Waals surface area contributed by atoms with Crippen LogP contribution in [0.1, 0.15) is 36.5 Å². The molecule has 0 spiro atoms. The van der Waals surface area contributed by atoms with E-state index in [1.54, 1.807) is 0 Å². The molecule has 1 heterocycles. The lowest BCUT2D eigenvalue weighted by Crippen LogP contribution is -2.41. The second kappa shape index (κ2) is 10.1. The van der Waals surface area contributed by atoms with Crippen molar-refractivity contribution in [3.05, 3.63) is 71.3 Å². The number of ether oxygens (including phenoxy) is 1. The Morgan fingerprint density at radius 1 is 0.967 bits per heavy atom. The van der Waals surface area contributed by atoms with Crippen LogP contribution in [0.15, 0.2) is 59.6 Å². The van der Waals surface area contributed by atoms with Gasteiger partial charge in [0.15, 0.2) is 5.96 Å². The maximum absolute atomic E-state index is 5.43. The second-order valence-electron chi connectivity index (χ2n) is 8.40. The lowest BCUT2D eigenvalue weighted by atomic mass is 9.96. The number of benzene rings is 2. The van der Waals surface area contributed by atoms with Gasteiger partial charge in [-0.15, -0.1) is 0 Å². The second-order valence-corrected chi connectivity index (χ2v) is 8.40. The highest BCUT2D eigenvalue weighted by Crippen LogP contribution is 2.47. The van der Waals surface area contributed by atoms with Crippen molar-refractivity contribution in [2.75, 3.05) is 39.4 Å². The smallest absolute Gasteiger partial charge is 0.191 e. The van der Waals surface area contributed by atoms with E-state index in [0.29, 0.717) is 6.54 Å². The number of morpholine rings is 1. The summed E-state index contributed by atoms with van der Waals surface area (Å²) in [5.41, 5.74) is 4.30. The van der Waals surface area contributed by atoms with E-state index in [9.17, 15) is 0 Å². The molecule has 160 valence electrons. The molecule has 4 rings (SSSR count). The summed E-state index contributed by atoms with van der Waals surface area (Å²) in [6.07, 6.45) is 2.49. The molecule has 2 aliphatic rings. The number of nitrogens with one attached hydrogen (secondary N) is 2. The number of aliphatic imine (C=N–C) groups is 1. The molecule has 1 aliphatic heterocycles. The highest BCUT2D eigenvalue weighted by Gasteiger charge is 2.43. The summed E-state index contributed by atoms with van der Waals surface area (Å²) in [6.45, 7) is 9.33. The van der Waals surface area contributed by atoms with Crippen LogP contribution < -0.4 is 10.6 Å². The van der Waals surface area contributed by atoms with Crippen molar-refractivity contribution in [3.63, 3.8) is 0 Å². The first-order valence-electron chi connectivity index (χ1n) is 11.2. The fourth-order valence-corrected chi connectivity index (χ4v) is 4.04. The minimum absolute atomic E-state index is 0.276. The zero-order chi connectivity index (χ0) is 20.7. The van der Waals surface area contributed by atoms with Crippen LogP contribution in [0.25, 0.3) is 0 Å². The Bertz CT molecular complexity index is 809. The molecule has 2 aromatic rings. The molecule has 0 amide bonds. The van der Waals surface area contributed by atoms with Crippen molar-refractivity contribution in [1.29, 1.82) is 0 Å². The van der Waals surface area contributed by atoms with Gasteiger partial charge >= 0.3 is 0 Å². The van der Waals surface area contributed by atoms with Gasteiger partial charge in [0.05, 0.1) is 19.8 Å². The lowest BCUT2D eigenvalue weighted by molar-refractivity contribution is 0.0342. The van der Waals surface area contributed by atoms with Gasteiger partial charge in [-0.1, -0.05) is 54.6 Å². The van der Waals surface area contributed by atoms with Crippen molar-refractivity contribution in [2.24, 2.45) is 4.99 Å². The first-order valence-corrected chi connectivity index (χ1v) is 11.2. The summed E-state index contributed by atoms with van der Waals surface area (Å²) in [4.78, 5) is 7.27. The van der Waals surface area contributed by atoms with Gasteiger partial charge in [0, 0.05) is 38.1 Å². The highest BCUT2D eigenvalue weighted by atomic mass is 16.5. The van der Waals surface area contributed by atoms with E-state index in [0.717, 1.165) is 51.9 Å². The average Bonchev–Trinajstić information content (AvgIpc) is 3.59. The number of rotatable bonds is 8. The standard InChI is InChI=1S/C25H34N4O/c1-2-26-24(28-20-25(12-13-25)23-6-4-3-5-7-23)27-18-21-8-10-22(11-9-21)19-29-14-16-30-17-15-29/h3-11H,2,12-20H2,1H3,(H2,26,27,28). The van der Waals surface area contributed by atoms with E-state index in [1.807, 2.05) is 0 Å². The van der Waals surface area contributed by atoms with Gasteiger partial charge in [-0.3, -0.25) is 4.90 Å². The third-order valence-electron chi connectivity index (χ3n) is 6.13. The fourth-order valence-electron chi connectivity index (χ4n) is 4.04. The predicted molar refractivity (Wildman–Crippen MR) is 123 cm³/mol.